The zero-order chi connectivity index (χ0) is 13.3. The Labute approximate surface area is 110 Å². The SMILES string of the molecule is COC1CCN(C(=O)N2C(C)SCC2C(=O)O)C1. The van der Waals surface area contributed by atoms with E-state index in [1.165, 1.54) is 16.7 Å². The van der Waals surface area contributed by atoms with Gasteiger partial charge in [-0.2, -0.15) is 0 Å². The smallest absolute Gasteiger partial charge is 0.327 e. The highest BCUT2D eigenvalue weighted by atomic mass is 32.2. The molecule has 0 aromatic carbocycles. The van der Waals surface area contributed by atoms with Crippen molar-refractivity contribution in [1.82, 2.24) is 9.80 Å². The number of carbonyl (C=O) groups is 2. The first kappa shape index (κ1) is 13.5. The maximum absolute atomic E-state index is 12.4. The number of carboxylic acid groups (broad SMARTS) is 1. The van der Waals surface area contributed by atoms with Gasteiger partial charge in [-0.05, 0) is 13.3 Å². The van der Waals surface area contributed by atoms with E-state index >= 15 is 0 Å². The molecule has 2 heterocycles. The first-order valence-corrected chi connectivity index (χ1v) is 7.04. The summed E-state index contributed by atoms with van der Waals surface area (Å²) in [6, 6.07) is -0.890. The van der Waals surface area contributed by atoms with Crippen LogP contribution in [0.4, 0.5) is 4.79 Å². The minimum atomic E-state index is -0.928. The van der Waals surface area contributed by atoms with Crippen molar-refractivity contribution in [1.29, 1.82) is 0 Å². The van der Waals surface area contributed by atoms with E-state index < -0.39 is 12.0 Å². The topological polar surface area (TPSA) is 70.1 Å². The molecular weight excluding hydrogens is 256 g/mol. The van der Waals surface area contributed by atoms with Gasteiger partial charge in [0.05, 0.1) is 11.5 Å². The van der Waals surface area contributed by atoms with Gasteiger partial charge in [0.1, 0.15) is 6.04 Å². The lowest BCUT2D eigenvalue weighted by Crippen LogP contribution is -2.50. The summed E-state index contributed by atoms with van der Waals surface area (Å²) in [7, 11) is 1.63. The Morgan fingerprint density at radius 3 is 2.72 bits per heavy atom. The Morgan fingerprint density at radius 1 is 1.44 bits per heavy atom. The van der Waals surface area contributed by atoms with Gasteiger partial charge in [-0.3, -0.25) is 4.90 Å². The highest BCUT2D eigenvalue weighted by Crippen LogP contribution is 2.30. The third kappa shape index (κ3) is 2.42. The molecule has 3 atom stereocenters. The quantitative estimate of drug-likeness (QED) is 0.801. The van der Waals surface area contributed by atoms with Gasteiger partial charge >= 0.3 is 12.0 Å². The Balaban J connectivity index is 2.05. The third-order valence-electron chi connectivity index (χ3n) is 3.48. The molecule has 6 nitrogen and oxygen atoms in total. The monoisotopic (exact) mass is 274 g/mol. The van der Waals surface area contributed by atoms with Gasteiger partial charge < -0.3 is 14.7 Å². The second-order valence-electron chi connectivity index (χ2n) is 4.57. The first-order chi connectivity index (χ1) is 8.54. The molecule has 2 aliphatic heterocycles. The van der Waals surface area contributed by atoms with E-state index in [1.54, 1.807) is 12.0 Å². The van der Waals surface area contributed by atoms with E-state index in [0.717, 1.165) is 6.42 Å². The number of thioether (sulfide) groups is 1. The molecule has 2 rings (SSSR count). The van der Waals surface area contributed by atoms with Crippen LogP contribution >= 0.6 is 11.8 Å². The highest BCUT2D eigenvalue weighted by Gasteiger charge is 2.42. The molecule has 1 N–H and O–H groups in total. The molecule has 2 fully saturated rings. The highest BCUT2D eigenvalue weighted by molar-refractivity contribution is 8.00. The number of aliphatic carboxylic acids is 1. The summed E-state index contributed by atoms with van der Waals surface area (Å²) in [4.78, 5) is 26.7. The van der Waals surface area contributed by atoms with Crippen LogP contribution in [0.25, 0.3) is 0 Å². The Kier molecular flexibility index (Phi) is 4.01. The summed E-state index contributed by atoms with van der Waals surface area (Å²) in [6.07, 6.45) is 0.887. The number of rotatable bonds is 2. The molecule has 0 aromatic rings. The van der Waals surface area contributed by atoms with Crippen LogP contribution in [-0.2, 0) is 9.53 Å². The second-order valence-corrected chi connectivity index (χ2v) is 5.92. The number of ether oxygens (including phenoxy) is 1. The van der Waals surface area contributed by atoms with Crippen LogP contribution in [0.2, 0.25) is 0 Å². The lowest BCUT2D eigenvalue weighted by Gasteiger charge is -2.29. The summed E-state index contributed by atoms with van der Waals surface area (Å²) >= 11 is 1.50. The Bertz CT molecular complexity index is 352. The molecule has 102 valence electrons. The molecule has 0 saturated carbocycles. The van der Waals surface area contributed by atoms with Gasteiger partial charge in [0.15, 0.2) is 0 Å². The number of hydrogen-bond donors (Lipinski definition) is 1. The van der Waals surface area contributed by atoms with Gasteiger partial charge in [0.25, 0.3) is 0 Å². The molecule has 0 radical (unpaired) electrons. The van der Waals surface area contributed by atoms with Crippen molar-refractivity contribution in [2.24, 2.45) is 0 Å². The van der Waals surface area contributed by atoms with Gasteiger partial charge in [0.2, 0.25) is 0 Å². The number of methoxy groups -OCH3 is 1. The fraction of sp³-hybridized carbons (Fsp3) is 0.818. The molecule has 2 aliphatic rings. The number of likely N-dealkylation sites (tertiary alicyclic amines) is 1. The molecule has 0 bridgehead atoms. The molecule has 2 amide bonds. The zero-order valence-electron chi connectivity index (χ0n) is 10.5. The summed E-state index contributed by atoms with van der Waals surface area (Å²) in [5.41, 5.74) is 0. The maximum atomic E-state index is 12.4. The molecule has 18 heavy (non-hydrogen) atoms. The summed E-state index contributed by atoms with van der Waals surface area (Å²) in [6.45, 7) is 3.06. The normalized spacial score (nSPS) is 32.0. The molecule has 0 aromatic heterocycles. The molecule has 2 saturated heterocycles. The fourth-order valence-corrected chi connectivity index (χ4v) is 3.54. The third-order valence-corrected chi connectivity index (χ3v) is 4.70. The zero-order valence-corrected chi connectivity index (χ0v) is 11.4. The van der Waals surface area contributed by atoms with Crippen LogP contribution in [-0.4, -0.2) is 70.4 Å². The van der Waals surface area contributed by atoms with Crippen molar-refractivity contribution < 1.29 is 19.4 Å². The van der Waals surface area contributed by atoms with Gasteiger partial charge in [-0.15, -0.1) is 11.8 Å². The summed E-state index contributed by atoms with van der Waals surface area (Å²) < 4.78 is 5.22. The van der Waals surface area contributed by atoms with Gasteiger partial charge in [0, 0.05) is 26.0 Å². The predicted octanol–water partition coefficient (Wildman–Crippen LogP) is 0.675. The Hall–Kier alpha value is -0.950. The largest absolute Gasteiger partial charge is 0.480 e. The van der Waals surface area contributed by atoms with Crippen LogP contribution < -0.4 is 0 Å². The van der Waals surface area contributed by atoms with Crippen LogP contribution in [0.15, 0.2) is 0 Å². The van der Waals surface area contributed by atoms with E-state index in [0.29, 0.717) is 18.8 Å². The van der Waals surface area contributed by atoms with Gasteiger partial charge in [-0.1, -0.05) is 0 Å². The van der Waals surface area contributed by atoms with Crippen LogP contribution in [0, 0.1) is 0 Å². The molecular formula is C11H18N2O4S. The predicted molar refractivity (Wildman–Crippen MR) is 67.6 cm³/mol. The summed E-state index contributed by atoms with van der Waals surface area (Å²) in [5.74, 6) is -0.466. The van der Waals surface area contributed by atoms with Crippen molar-refractivity contribution in [3.63, 3.8) is 0 Å². The fourth-order valence-electron chi connectivity index (χ4n) is 2.38. The molecule has 0 spiro atoms. The van der Waals surface area contributed by atoms with Crippen molar-refractivity contribution in [2.45, 2.75) is 30.9 Å². The van der Waals surface area contributed by atoms with Crippen LogP contribution in [0.5, 0.6) is 0 Å². The number of nitrogens with zero attached hydrogens (tertiary/aromatic N) is 2. The van der Waals surface area contributed by atoms with Crippen LogP contribution in [0.3, 0.4) is 0 Å². The van der Waals surface area contributed by atoms with Crippen molar-refractivity contribution in [3.05, 3.63) is 0 Å². The van der Waals surface area contributed by atoms with Crippen molar-refractivity contribution in [3.8, 4) is 0 Å². The minimum absolute atomic E-state index is 0.0720. The second kappa shape index (κ2) is 5.36. The maximum Gasteiger partial charge on any atom is 0.327 e. The van der Waals surface area contributed by atoms with E-state index in [9.17, 15) is 9.59 Å². The molecule has 7 heteroatoms. The number of carbonyl (C=O) groups excluding carboxylic acids is 1. The van der Waals surface area contributed by atoms with E-state index in [4.69, 9.17) is 9.84 Å². The number of urea groups is 1. The number of carboxylic acids is 1. The summed E-state index contributed by atoms with van der Waals surface area (Å²) in [5, 5.41) is 9.06. The standard InChI is InChI=1S/C11H18N2O4S/c1-7-13(9(6-18-7)10(14)15)11(16)12-4-3-8(5-12)17-2/h7-9H,3-6H2,1-2H3,(H,14,15). The molecule has 0 aliphatic carbocycles. The Morgan fingerprint density at radius 2 is 2.17 bits per heavy atom. The number of amides is 2. The lowest BCUT2D eigenvalue weighted by atomic mass is 10.3. The van der Waals surface area contributed by atoms with Crippen molar-refractivity contribution >= 4 is 23.8 Å². The average Bonchev–Trinajstić information content (AvgIpc) is 2.94. The lowest BCUT2D eigenvalue weighted by molar-refractivity contribution is -0.141. The van der Waals surface area contributed by atoms with E-state index in [-0.39, 0.29) is 17.5 Å². The van der Waals surface area contributed by atoms with E-state index in [2.05, 4.69) is 0 Å². The van der Waals surface area contributed by atoms with E-state index in [1.807, 2.05) is 6.92 Å². The van der Waals surface area contributed by atoms with Crippen molar-refractivity contribution in [2.75, 3.05) is 26.0 Å². The molecule has 3 unspecified atom stereocenters. The minimum Gasteiger partial charge on any atom is -0.480 e. The van der Waals surface area contributed by atoms with Crippen LogP contribution in [0.1, 0.15) is 13.3 Å². The average molecular weight is 274 g/mol. The first-order valence-electron chi connectivity index (χ1n) is 5.99. The van der Waals surface area contributed by atoms with Gasteiger partial charge in [-0.25, -0.2) is 9.59 Å². The number of hydrogen-bond acceptors (Lipinski definition) is 4.